The van der Waals surface area contributed by atoms with Gasteiger partial charge in [-0.1, -0.05) is 13.8 Å². The van der Waals surface area contributed by atoms with Crippen LogP contribution in [0.15, 0.2) is 18.2 Å². The third-order valence-corrected chi connectivity index (χ3v) is 4.99. The van der Waals surface area contributed by atoms with Crippen molar-refractivity contribution < 1.29 is 9.90 Å². The van der Waals surface area contributed by atoms with Crippen LogP contribution in [0.5, 0.6) is 0 Å². The zero-order valence-corrected chi connectivity index (χ0v) is 12.6. The number of hydrogen-bond acceptors (Lipinski definition) is 3. The molecule has 1 saturated heterocycles. The van der Waals surface area contributed by atoms with E-state index in [-0.39, 0.29) is 0 Å². The number of hydrogen-bond donors (Lipinski definition) is 1. The van der Waals surface area contributed by atoms with E-state index in [9.17, 15) is 4.79 Å². The van der Waals surface area contributed by atoms with E-state index < -0.39 is 5.97 Å². The van der Waals surface area contributed by atoms with Gasteiger partial charge in [0.25, 0.3) is 0 Å². The van der Waals surface area contributed by atoms with Crippen molar-refractivity contribution in [1.29, 1.82) is 0 Å². The Bertz CT molecular complexity index is 485. The molecule has 0 spiro atoms. The molecule has 1 heterocycles. The Morgan fingerprint density at radius 1 is 1.37 bits per heavy atom. The topological polar surface area (TPSA) is 40.5 Å². The Labute approximate surface area is 119 Å². The first kappa shape index (κ1) is 14.3. The molecule has 1 aliphatic heterocycles. The van der Waals surface area contributed by atoms with Crippen molar-refractivity contribution in [3.63, 3.8) is 0 Å². The molecule has 0 radical (unpaired) electrons. The van der Waals surface area contributed by atoms with Crippen LogP contribution in [0.1, 0.15) is 36.2 Å². The van der Waals surface area contributed by atoms with Gasteiger partial charge < -0.3 is 10.0 Å². The molecule has 0 saturated carbocycles. The highest BCUT2D eigenvalue weighted by Gasteiger charge is 2.24. The number of aromatic carboxylic acids is 1. The van der Waals surface area contributed by atoms with E-state index in [1.165, 1.54) is 5.69 Å². The van der Waals surface area contributed by atoms with Crippen molar-refractivity contribution in [2.45, 2.75) is 31.9 Å². The van der Waals surface area contributed by atoms with Crippen LogP contribution in [0.4, 0.5) is 5.69 Å². The van der Waals surface area contributed by atoms with Crippen LogP contribution in [0.25, 0.3) is 0 Å². The first-order chi connectivity index (χ1) is 8.89. The minimum Gasteiger partial charge on any atom is -0.478 e. The Kier molecular flexibility index (Phi) is 4.09. The second-order valence-electron chi connectivity index (χ2n) is 5.65. The first-order valence-electron chi connectivity index (χ1n) is 6.62. The Morgan fingerprint density at radius 3 is 2.74 bits per heavy atom. The lowest BCUT2D eigenvalue weighted by molar-refractivity contribution is 0.0697. The zero-order chi connectivity index (χ0) is 14.0. The fourth-order valence-electron chi connectivity index (χ4n) is 2.40. The molecule has 0 aliphatic carbocycles. The maximum Gasteiger partial charge on any atom is 0.335 e. The number of aryl methyl sites for hydroxylation is 1. The van der Waals surface area contributed by atoms with Gasteiger partial charge in [-0.05, 0) is 37.1 Å². The minimum atomic E-state index is -0.859. The van der Waals surface area contributed by atoms with E-state index in [4.69, 9.17) is 5.11 Å². The van der Waals surface area contributed by atoms with E-state index >= 15 is 0 Å². The van der Waals surface area contributed by atoms with E-state index in [0.29, 0.717) is 10.3 Å². The molecular formula is C15H21NO2S. The summed E-state index contributed by atoms with van der Waals surface area (Å²) in [4.78, 5) is 13.3. The molecule has 0 atom stereocenters. The lowest BCUT2D eigenvalue weighted by atomic mass is 10.1. The van der Waals surface area contributed by atoms with Crippen LogP contribution in [0.3, 0.4) is 0 Å². The van der Waals surface area contributed by atoms with Gasteiger partial charge in [-0.3, -0.25) is 0 Å². The van der Waals surface area contributed by atoms with E-state index in [1.54, 1.807) is 12.1 Å². The van der Waals surface area contributed by atoms with Crippen LogP contribution < -0.4 is 4.90 Å². The van der Waals surface area contributed by atoms with Crippen molar-refractivity contribution in [3.8, 4) is 0 Å². The predicted octanol–water partition coefficient (Wildman–Crippen LogP) is 3.42. The van der Waals surface area contributed by atoms with Gasteiger partial charge in [-0.15, -0.1) is 0 Å². The maximum absolute atomic E-state index is 11.0. The smallest absolute Gasteiger partial charge is 0.335 e. The summed E-state index contributed by atoms with van der Waals surface area (Å²) in [5, 5.41) is 9.01. The fourth-order valence-corrected chi connectivity index (χ4v) is 3.50. The Hall–Kier alpha value is -1.16. The zero-order valence-electron chi connectivity index (χ0n) is 11.8. The molecule has 1 aliphatic rings. The van der Waals surface area contributed by atoms with Crippen molar-refractivity contribution in [3.05, 3.63) is 29.3 Å². The lowest BCUT2D eigenvalue weighted by Crippen LogP contribution is -2.27. The normalized spacial score (nSPS) is 19.0. The molecule has 19 heavy (non-hydrogen) atoms. The van der Waals surface area contributed by atoms with Crippen LogP contribution in [0, 0.1) is 6.92 Å². The third kappa shape index (κ3) is 3.44. The molecule has 1 fully saturated rings. The highest BCUT2D eigenvalue weighted by Crippen LogP contribution is 2.33. The highest BCUT2D eigenvalue weighted by molar-refractivity contribution is 8.00. The number of carboxylic acids is 1. The van der Waals surface area contributed by atoms with Crippen LogP contribution in [-0.4, -0.2) is 34.7 Å². The summed E-state index contributed by atoms with van der Waals surface area (Å²) in [6.07, 6.45) is 1.15. The predicted molar refractivity (Wildman–Crippen MR) is 81.5 cm³/mol. The molecule has 2 rings (SSSR count). The molecule has 1 aromatic rings. The van der Waals surface area contributed by atoms with Crippen LogP contribution in [0.2, 0.25) is 0 Å². The third-order valence-electron chi connectivity index (χ3n) is 3.62. The average Bonchev–Trinajstić information content (AvgIpc) is 2.50. The number of carbonyl (C=O) groups is 1. The van der Waals surface area contributed by atoms with Gasteiger partial charge in [0, 0.05) is 29.3 Å². The molecular weight excluding hydrogens is 258 g/mol. The SMILES string of the molecule is Cc1cc(C(=O)O)ccc1N1CCSC(C)(C)CC1. The van der Waals surface area contributed by atoms with Crippen LogP contribution >= 0.6 is 11.8 Å². The number of carboxylic acid groups (broad SMARTS) is 1. The van der Waals surface area contributed by atoms with Gasteiger partial charge in [0.2, 0.25) is 0 Å². The number of anilines is 1. The summed E-state index contributed by atoms with van der Waals surface area (Å²) >= 11 is 2.02. The molecule has 0 bridgehead atoms. The minimum absolute atomic E-state index is 0.337. The fraction of sp³-hybridized carbons (Fsp3) is 0.533. The summed E-state index contributed by atoms with van der Waals surface area (Å²) in [5.41, 5.74) is 2.58. The molecule has 4 heteroatoms. The largest absolute Gasteiger partial charge is 0.478 e. The monoisotopic (exact) mass is 279 g/mol. The average molecular weight is 279 g/mol. The first-order valence-corrected chi connectivity index (χ1v) is 7.60. The molecule has 1 aromatic carbocycles. The second-order valence-corrected chi connectivity index (χ2v) is 7.45. The van der Waals surface area contributed by atoms with Gasteiger partial charge in [0.15, 0.2) is 0 Å². The molecule has 0 aromatic heterocycles. The van der Waals surface area contributed by atoms with Gasteiger partial charge >= 0.3 is 5.97 Å². The molecule has 104 valence electrons. The van der Waals surface area contributed by atoms with Crippen molar-refractivity contribution in [2.75, 3.05) is 23.7 Å². The Morgan fingerprint density at radius 2 is 2.11 bits per heavy atom. The highest BCUT2D eigenvalue weighted by atomic mass is 32.2. The van der Waals surface area contributed by atoms with Gasteiger partial charge in [-0.2, -0.15) is 11.8 Å². The van der Waals surface area contributed by atoms with E-state index in [0.717, 1.165) is 30.8 Å². The molecule has 0 unspecified atom stereocenters. The van der Waals surface area contributed by atoms with Crippen molar-refractivity contribution >= 4 is 23.4 Å². The summed E-state index contributed by atoms with van der Waals surface area (Å²) in [5.74, 6) is 0.259. The number of nitrogens with zero attached hydrogens (tertiary/aromatic N) is 1. The van der Waals surface area contributed by atoms with E-state index in [2.05, 4.69) is 18.7 Å². The molecule has 0 amide bonds. The van der Waals surface area contributed by atoms with Gasteiger partial charge in [-0.25, -0.2) is 4.79 Å². The number of benzene rings is 1. The van der Waals surface area contributed by atoms with E-state index in [1.807, 2.05) is 24.8 Å². The summed E-state index contributed by atoms with van der Waals surface area (Å²) in [6.45, 7) is 8.64. The van der Waals surface area contributed by atoms with Crippen LogP contribution in [-0.2, 0) is 0 Å². The molecule has 3 nitrogen and oxygen atoms in total. The summed E-state index contributed by atoms with van der Waals surface area (Å²) in [6, 6.07) is 5.41. The molecule has 1 N–H and O–H groups in total. The standard InChI is InChI=1S/C15H21NO2S/c1-11-10-12(14(17)18)4-5-13(11)16-7-6-15(2,3)19-9-8-16/h4-5,10H,6-9H2,1-3H3,(H,17,18). The summed E-state index contributed by atoms with van der Waals surface area (Å²) in [7, 11) is 0. The summed E-state index contributed by atoms with van der Waals surface area (Å²) < 4.78 is 0.337. The Balaban J connectivity index is 2.20. The van der Waals surface area contributed by atoms with Crippen molar-refractivity contribution in [1.82, 2.24) is 0 Å². The maximum atomic E-state index is 11.0. The van der Waals surface area contributed by atoms with Gasteiger partial charge in [0.1, 0.15) is 0 Å². The van der Waals surface area contributed by atoms with Gasteiger partial charge in [0.05, 0.1) is 5.56 Å². The quantitative estimate of drug-likeness (QED) is 0.900. The lowest BCUT2D eigenvalue weighted by Gasteiger charge is -2.25. The van der Waals surface area contributed by atoms with Crippen molar-refractivity contribution in [2.24, 2.45) is 0 Å². The number of thioether (sulfide) groups is 1. The number of rotatable bonds is 2. The second kappa shape index (κ2) is 5.45.